The van der Waals surface area contributed by atoms with Crippen LogP contribution in [0.1, 0.15) is 10.4 Å². The van der Waals surface area contributed by atoms with Gasteiger partial charge in [0, 0.05) is 11.5 Å². The third-order valence-electron chi connectivity index (χ3n) is 2.12. The summed E-state index contributed by atoms with van der Waals surface area (Å²) in [5, 5.41) is 11.3. The number of aromatic nitrogens is 1. The van der Waals surface area contributed by atoms with Crippen LogP contribution in [-0.4, -0.2) is 16.2 Å². The summed E-state index contributed by atoms with van der Waals surface area (Å²) in [6.07, 6.45) is 0.574. The number of nitro groups is 1. The standard InChI is InChI=1S/C9H5ClN2O3/c10-9-6(4-13)5-2-1-3-7(12(14)15)8(5)11-9/h1-4,11H. The van der Waals surface area contributed by atoms with Crippen molar-refractivity contribution in [1.29, 1.82) is 0 Å². The van der Waals surface area contributed by atoms with Crippen LogP contribution in [0.5, 0.6) is 0 Å². The summed E-state index contributed by atoms with van der Waals surface area (Å²) in [4.78, 5) is 23.5. The average molecular weight is 225 g/mol. The predicted octanol–water partition coefficient (Wildman–Crippen LogP) is 2.54. The number of aromatic amines is 1. The van der Waals surface area contributed by atoms with E-state index in [9.17, 15) is 14.9 Å². The van der Waals surface area contributed by atoms with E-state index in [1.54, 1.807) is 6.07 Å². The Hall–Kier alpha value is -1.88. The van der Waals surface area contributed by atoms with Gasteiger partial charge < -0.3 is 4.98 Å². The molecule has 2 aromatic rings. The molecule has 0 unspecified atom stereocenters. The quantitative estimate of drug-likeness (QED) is 0.484. The van der Waals surface area contributed by atoms with Crippen molar-refractivity contribution in [2.75, 3.05) is 0 Å². The fourth-order valence-corrected chi connectivity index (χ4v) is 1.70. The van der Waals surface area contributed by atoms with Crippen LogP contribution in [0.25, 0.3) is 10.9 Å². The van der Waals surface area contributed by atoms with Crippen LogP contribution in [0.2, 0.25) is 5.15 Å². The molecule has 0 aliphatic heterocycles. The lowest BCUT2D eigenvalue weighted by atomic mass is 10.2. The van der Waals surface area contributed by atoms with Crippen LogP contribution >= 0.6 is 11.6 Å². The van der Waals surface area contributed by atoms with Gasteiger partial charge in [-0.15, -0.1) is 0 Å². The lowest BCUT2D eigenvalue weighted by molar-refractivity contribution is -0.383. The Balaban J connectivity index is 2.89. The minimum atomic E-state index is -0.524. The molecule has 0 radical (unpaired) electrons. The Morgan fingerprint density at radius 1 is 1.47 bits per heavy atom. The summed E-state index contributed by atoms with van der Waals surface area (Å²) < 4.78 is 0. The van der Waals surface area contributed by atoms with Gasteiger partial charge in [-0.3, -0.25) is 14.9 Å². The Labute approximate surface area is 88.8 Å². The van der Waals surface area contributed by atoms with Crippen LogP contribution in [0, 0.1) is 10.1 Å². The highest BCUT2D eigenvalue weighted by Gasteiger charge is 2.17. The van der Waals surface area contributed by atoms with Gasteiger partial charge in [-0.2, -0.15) is 0 Å². The molecule has 76 valence electrons. The fourth-order valence-electron chi connectivity index (χ4n) is 1.46. The van der Waals surface area contributed by atoms with Gasteiger partial charge in [0.15, 0.2) is 6.29 Å². The van der Waals surface area contributed by atoms with E-state index in [1.165, 1.54) is 12.1 Å². The van der Waals surface area contributed by atoms with Gasteiger partial charge in [-0.25, -0.2) is 0 Å². The van der Waals surface area contributed by atoms with Crippen LogP contribution in [-0.2, 0) is 0 Å². The van der Waals surface area contributed by atoms with Crippen molar-refractivity contribution in [3.8, 4) is 0 Å². The minimum absolute atomic E-state index is 0.0949. The number of para-hydroxylation sites is 1. The SMILES string of the molecule is O=Cc1c(Cl)[nH]c2c([N+](=O)[O-])cccc12. The second-order valence-electron chi connectivity index (χ2n) is 2.93. The van der Waals surface area contributed by atoms with Crippen molar-refractivity contribution in [2.24, 2.45) is 0 Å². The van der Waals surface area contributed by atoms with Crippen LogP contribution in [0.3, 0.4) is 0 Å². The molecule has 0 spiro atoms. The number of non-ortho nitro benzene ring substituents is 1. The number of nitrogens with one attached hydrogen (secondary N) is 1. The second kappa shape index (κ2) is 3.36. The van der Waals surface area contributed by atoms with Gasteiger partial charge in [0.25, 0.3) is 5.69 Å². The minimum Gasteiger partial charge on any atom is -0.339 e. The van der Waals surface area contributed by atoms with Crippen molar-refractivity contribution in [3.63, 3.8) is 0 Å². The number of hydrogen-bond donors (Lipinski definition) is 1. The largest absolute Gasteiger partial charge is 0.339 e. The molecule has 0 amide bonds. The van der Waals surface area contributed by atoms with E-state index in [-0.39, 0.29) is 21.9 Å². The van der Waals surface area contributed by atoms with Crippen LogP contribution in [0.4, 0.5) is 5.69 Å². The van der Waals surface area contributed by atoms with E-state index >= 15 is 0 Å². The molecule has 0 aliphatic carbocycles. The van der Waals surface area contributed by atoms with Crippen molar-refractivity contribution in [3.05, 3.63) is 39.0 Å². The van der Waals surface area contributed by atoms with Crippen molar-refractivity contribution < 1.29 is 9.72 Å². The van der Waals surface area contributed by atoms with Crippen molar-refractivity contribution in [2.45, 2.75) is 0 Å². The highest BCUT2D eigenvalue weighted by molar-refractivity contribution is 6.34. The number of nitrogens with zero attached hydrogens (tertiary/aromatic N) is 1. The summed E-state index contributed by atoms with van der Waals surface area (Å²) in [5.41, 5.74) is 0.424. The number of fused-ring (bicyclic) bond motifs is 1. The first-order valence-corrected chi connectivity index (χ1v) is 4.42. The average Bonchev–Trinajstić information content (AvgIpc) is 2.52. The molecule has 5 nitrogen and oxygen atoms in total. The molecule has 0 bridgehead atoms. The lowest BCUT2D eigenvalue weighted by Crippen LogP contribution is -1.88. The van der Waals surface area contributed by atoms with Gasteiger partial charge in [0.05, 0.1) is 10.5 Å². The molecule has 1 aromatic carbocycles. The zero-order chi connectivity index (χ0) is 11.0. The number of carbonyl (C=O) groups excluding carboxylic acids is 1. The molecule has 1 N–H and O–H groups in total. The third kappa shape index (κ3) is 1.37. The molecule has 0 saturated heterocycles. The van der Waals surface area contributed by atoms with Crippen LogP contribution in [0.15, 0.2) is 18.2 Å². The van der Waals surface area contributed by atoms with E-state index in [1.807, 2.05) is 0 Å². The topological polar surface area (TPSA) is 76.0 Å². The monoisotopic (exact) mass is 224 g/mol. The Bertz CT molecular complexity index is 562. The molecule has 15 heavy (non-hydrogen) atoms. The molecular weight excluding hydrogens is 220 g/mol. The Morgan fingerprint density at radius 3 is 2.80 bits per heavy atom. The normalized spacial score (nSPS) is 10.5. The van der Waals surface area contributed by atoms with E-state index in [0.29, 0.717) is 11.7 Å². The molecule has 2 rings (SSSR count). The van der Waals surface area contributed by atoms with Gasteiger partial charge in [-0.05, 0) is 0 Å². The van der Waals surface area contributed by atoms with Gasteiger partial charge >= 0.3 is 0 Å². The van der Waals surface area contributed by atoms with E-state index < -0.39 is 4.92 Å². The number of carbonyl (C=O) groups is 1. The highest BCUT2D eigenvalue weighted by atomic mass is 35.5. The second-order valence-corrected chi connectivity index (χ2v) is 3.31. The first kappa shape index (κ1) is 9.67. The van der Waals surface area contributed by atoms with E-state index in [0.717, 1.165) is 0 Å². The summed E-state index contributed by atoms with van der Waals surface area (Å²) in [7, 11) is 0. The Kier molecular flexibility index (Phi) is 2.17. The number of nitro benzene ring substituents is 1. The number of halogens is 1. The van der Waals surface area contributed by atoms with Gasteiger partial charge in [0.2, 0.25) is 0 Å². The number of H-pyrrole nitrogens is 1. The first-order valence-electron chi connectivity index (χ1n) is 4.05. The maximum atomic E-state index is 10.7. The zero-order valence-corrected chi connectivity index (χ0v) is 8.12. The number of benzene rings is 1. The molecule has 1 aromatic heterocycles. The highest BCUT2D eigenvalue weighted by Crippen LogP contribution is 2.30. The predicted molar refractivity (Wildman–Crippen MR) is 55.4 cm³/mol. The molecule has 0 atom stereocenters. The summed E-state index contributed by atoms with van der Waals surface area (Å²) >= 11 is 5.74. The molecule has 0 saturated carbocycles. The molecule has 6 heteroatoms. The lowest BCUT2D eigenvalue weighted by Gasteiger charge is -1.92. The molecule has 0 aliphatic rings. The fraction of sp³-hybridized carbons (Fsp3) is 0. The molecular formula is C9H5ClN2O3. The summed E-state index contributed by atoms with van der Waals surface area (Å²) in [6.45, 7) is 0. The number of aldehydes is 1. The Morgan fingerprint density at radius 2 is 2.20 bits per heavy atom. The van der Waals surface area contributed by atoms with E-state index in [4.69, 9.17) is 11.6 Å². The smallest absolute Gasteiger partial charge is 0.293 e. The van der Waals surface area contributed by atoms with Gasteiger partial charge in [0.1, 0.15) is 10.7 Å². The van der Waals surface area contributed by atoms with Crippen molar-refractivity contribution >= 4 is 34.5 Å². The summed E-state index contributed by atoms with van der Waals surface area (Å²) in [5.74, 6) is 0. The first-order chi connectivity index (χ1) is 7.15. The van der Waals surface area contributed by atoms with E-state index in [2.05, 4.69) is 4.98 Å². The van der Waals surface area contributed by atoms with Crippen LogP contribution < -0.4 is 0 Å². The third-order valence-corrected chi connectivity index (χ3v) is 2.42. The maximum Gasteiger partial charge on any atom is 0.293 e. The molecule has 0 fully saturated rings. The maximum absolute atomic E-state index is 10.7. The molecule has 1 heterocycles. The number of hydrogen-bond acceptors (Lipinski definition) is 3. The zero-order valence-electron chi connectivity index (χ0n) is 7.36. The van der Waals surface area contributed by atoms with Crippen molar-refractivity contribution in [1.82, 2.24) is 4.98 Å². The number of rotatable bonds is 2. The summed E-state index contributed by atoms with van der Waals surface area (Å²) in [6, 6.07) is 4.47. The van der Waals surface area contributed by atoms with Gasteiger partial charge in [-0.1, -0.05) is 23.7 Å².